The molecule has 0 fully saturated rings. The van der Waals surface area contributed by atoms with Gasteiger partial charge in [-0.2, -0.15) is 0 Å². The van der Waals surface area contributed by atoms with Crippen LogP contribution in [0.5, 0.6) is 0 Å². The molecule has 0 aliphatic carbocycles. The Hall–Kier alpha value is -0.920. The lowest BCUT2D eigenvalue weighted by atomic mass is 9.91. The van der Waals surface area contributed by atoms with E-state index in [0.717, 1.165) is 0 Å². The number of rotatable bonds is 1. The first-order valence-electron chi connectivity index (χ1n) is 3.48. The smallest absolute Gasteiger partial charge is 0.145 e. The summed E-state index contributed by atoms with van der Waals surface area (Å²) in [5.74, 6) is -0.285. The number of hydrogen-bond acceptors (Lipinski definition) is 1. The molecule has 1 radical (unpaired) electrons. The molecule has 2 heteroatoms. The van der Waals surface area contributed by atoms with Crippen LogP contribution in [0.1, 0.15) is 19.5 Å². The average Bonchev–Trinajstić information content (AvgIpc) is 1.86. The van der Waals surface area contributed by atoms with Gasteiger partial charge in [0.15, 0.2) is 0 Å². The molecule has 1 rings (SSSR count). The summed E-state index contributed by atoms with van der Waals surface area (Å²) in [7, 11) is 0. The predicted octanol–water partition coefficient (Wildman–Crippen LogP) is 2.33. The third-order valence-corrected chi connectivity index (χ3v) is 1.40. The Kier molecular flexibility index (Phi) is 1.94. The monoisotopic (exact) mass is 152 g/mol. The highest BCUT2D eigenvalue weighted by Gasteiger charge is 2.18. The molecule has 0 saturated heterocycles. The molecule has 0 aliphatic rings. The average molecular weight is 152 g/mol. The van der Waals surface area contributed by atoms with Crippen molar-refractivity contribution in [1.29, 1.82) is 0 Å². The third-order valence-electron chi connectivity index (χ3n) is 1.40. The second-order valence-corrected chi connectivity index (χ2v) is 3.22. The summed E-state index contributed by atoms with van der Waals surface area (Å²) >= 11 is 0. The maximum absolute atomic E-state index is 13.0. The van der Waals surface area contributed by atoms with Gasteiger partial charge in [0.25, 0.3) is 0 Å². The van der Waals surface area contributed by atoms with Gasteiger partial charge in [-0.1, -0.05) is 13.8 Å². The van der Waals surface area contributed by atoms with E-state index in [1.165, 1.54) is 6.07 Å². The minimum atomic E-state index is -0.453. The summed E-state index contributed by atoms with van der Waals surface area (Å²) < 4.78 is 13.0. The Bertz CT molecular complexity index is 250. The van der Waals surface area contributed by atoms with E-state index in [2.05, 4.69) is 11.9 Å². The Morgan fingerprint density at radius 2 is 2.18 bits per heavy atom. The molecule has 0 saturated carbocycles. The first-order chi connectivity index (χ1) is 5.02. The lowest BCUT2D eigenvalue weighted by Gasteiger charge is -2.17. The first-order valence-corrected chi connectivity index (χ1v) is 3.48. The fraction of sp³-hybridized carbons (Fsp3) is 0.333. The molecule has 59 valence electrons. The van der Waals surface area contributed by atoms with Crippen molar-refractivity contribution in [3.8, 4) is 0 Å². The van der Waals surface area contributed by atoms with Gasteiger partial charge in [0.2, 0.25) is 0 Å². The van der Waals surface area contributed by atoms with Gasteiger partial charge in [0.05, 0.1) is 5.69 Å². The zero-order valence-electron chi connectivity index (χ0n) is 6.76. The molecule has 0 unspecified atom stereocenters. The highest BCUT2D eigenvalue weighted by atomic mass is 19.1. The zero-order valence-corrected chi connectivity index (χ0v) is 6.76. The van der Waals surface area contributed by atoms with E-state index >= 15 is 0 Å². The van der Waals surface area contributed by atoms with Crippen LogP contribution in [0.4, 0.5) is 4.39 Å². The summed E-state index contributed by atoms with van der Waals surface area (Å²) in [6.07, 6.45) is 1.57. The molecule has 0 aromatic carbocycles. The van der Waals surface area contributed by atoms with Crippen LogP contribution in [-0.2, 0) is 5.41 Å². The maximum Gasteiger partial charge on any atom is 0.145 e. The second-order valence-electron chi connectivity index (χ2n) is 3.22. The lowest BCUT2D eigenvalue weighted by Crippen LogP contribution is -2.15. The van der Waals surface area contributed by atoms with Crippen molar-refractivity contribution in [1.82, 2.24) is 4.98 Å². The molecule has 0 N–H and O–H groups in total. The largest absolute Gasteiger partial charge is 0.258 e. The maximum atomic E-state index is 13.0. The van der Waals surface area contributed by atoms with Gasteiger partial charge in [-0.05, 0) is 19.1 Å². The van der Waals surface area contributed by atoms with Gasteiger partial charge in [-0.15, -0.1) is 0 Å². The minimum absolute atomic E-state index is 0.285. The topological polar surface area (TPSA) is 12.9 Å². The molecule has 0 aliphatic heterocycles. The Labute approximate surface area is 66.3 Å². The summed E-state index contributed by atoms with van der Waals surface area (Å²) in [5.41, 5.74) is -0.0364. The molecule has 0 bridgehead atoms. The van der Waals surface area contributed by atoms with Crippen molar-refractivity contribution in [3.05, 3.63) is 36.8 Å². The van der Waals surface area contributed by atoms with Gasteiger partial charge in [0, 0.05) is 11.6 Å². The van der Waals surface area contributed by atoms with Crippen molar-refractivity contribution < 1.29 is 4.39 Å². The van der Waals surface area contributed by atoms with E-state index < -0.39 is 5.41 Å². The SMILES string of the molecule is [CH2]C(C)(C)c1ncccc1F. The quantitative estimate of drug-likeness (QED) is 0.601. The molecule has 1 heterocycles. The molecule has 1 aromatic rings. The van der Waals surface area contributed by atoms with Crippen LogP contribution >= 0.6 is 0 Å². The van der Waals surface area contributed by atoms with Gasteiger partial charge >= 0.3 is 0 Å². The zero-order chi connectivity index (χ0) is 8.48. The van der Waals surface area contributed by atoms with E-state index in [0.29, 0.717) is 5.69 Å². The van der Waals surface area contributed by atoms with Crippen LogP contribution in [0.2, 0.25) is 0 Å². The fourth-order valence-corrected chi connectivity index (χ4v) is 0.884. The van der Waals surface area contributed by atoms with Crippen molar-refractivity contribution in [3.63, 3.8) is 0 Å². The van der Waals surface area contributed by atoms with Crippen LogP contribution < -0.4 is 0 Å². The van der Waals surface area contributed by atoms with E-state index in [9.17, 15) is 4.39 Å². The highest BCUT2D eigenvalue weighted by molar-refractivity contribution is 5.17. The number of halogens is 1. The van der Waals surface area contributed by atoms with Crippen LogP contribution in [-0.4, -0.2) is 4.98 Å². The molecule has 0 atom stereocenters. The van der Waals surface area contributed by atoms with Crippen LogP contribution in [0.25, 0.3) is 0 Å². The number of aromatic nitrogens is 1. The molecule has 11 heavy (non-hydrogen) atoms. The predicted molar refractivity (Wildman–Crippen MR) is 42.6 cm³/mol. The van der Waals surface area contributed by atoms with Gasteiger partial charge in [-0.3, -0.25) is 4.98 Å². The summed E-state index contributed by atoms with van der Waals surface area (Å²) in [5, 5.41) is 0. The van der Waals surface area contributed by atoms with E-state index in [1.807, 2.05) is 13.8 Å². The summed E-state index contributed by atoms with van der Waals surface area (Å²) in [4.78, 5) is 3.91. The van der Waals surface area contributed by atoms with Crippen molar-refractivity contribution in [2.45, 2.75) is 19.3 Å². The first kappa shape index (κ1) is 8.18. The molecular weight excluding hydrogens is 141 g/mol. The summed E-state index contributed by atoms with van der Waals surface area (Å²) in [6.45, 7) is 7.46. The van der Waals surface area contributed by atoms with Gasteiger partial charge in [-0.25, -0.2) is 4.39 Å². The van der Waals surface area contributed by atoms with E-state index in [4.69, 9.17) is 0 Å². The lowest BCUT2D eigenvalue weighted by molar-refractivity contribution is 0.537. The second kappa shape index (κ2) is 2.61. The van der Waals surface area contributed by atoms with Crippen molar-refractivity contribution in [2.75, 3.05) is 0 Å². The van der Waals surface area contributed by atoms with E-state index in [1.54, 1.807) is 12.3 Å². The normalized spacial score (nSPS) is 11.6. The van der Waals surface area contributed by atoms with E-state index in [-0.39, 0.29) is 5.82 Å². The van der Waals surface area contributed by atoms with Crippen LogP contribution in [0, 0.1) is 12.7 Å². The Morgan fingerprint density at radius 3 is 2.55 bits per heavy atom. The Balaban J connectivity index is 3.14. The molecule has 0 amide bonds. The molecule has 0 spiro atoms. The molecule has 1 nitrogen and oxygen atoms in total. The van der Waals surface area contributed by atoms with Crippen LogP contribution in [0.15, 0.2) is 18.3 Å². The highest BCUT2D eigenvalue weighted by Crippen LogP contribution is 2.21. The van der Waals surface area contributed by atoms with Crippen molar-refractivity contribution in [2.24, 2.45) is 0 Å². The minimum Gasteiger partial charge on any atom is -0.258 e. The fourth-order valence-electron chi connectivity index (χ4n) is 0.884. The third kappa shape index (κ3) is 1.76. The standard InChI is InChI=1S/C9H11FN/c1-9(2,3)8-7(10)5-4-6-11-8/h4-6H,1H2,2-3H3. The number of pyridine rings is 1. The molecular formula is C9H11FN. The number of nitrogens with zero attached hydrogens (tertiary/aromatic N) is 1. The van der Waals surface area contributed by atoms with Gasteiger partial charge in [0.1, 0.15) is 5.82 Å². The molecule has 1 aromatic heterocycles. The summed E-state index contributed by atoms with van der Waals surface area (Å²) in [6, 6.07) is 2.97. The van der Waals surface area contributed by atoms with Crippen LogP contribution in [0.3, 0.4) is 0 Å². The number of hydrogen-bond donors (Lipinski definition) is 0. The van der Waals surface area contributed by atoms with Gasteiger partial charge < -0.3 is 0 Å². The Morgan fingerprint density at radius 1 is 1.55 bits per heavy atom. The van der Waals surface area contributed by atoms with Crippen molar-refractivity contribution >= 4 is 0 Å².